The van der Waals surface area contributed by atoms with Gasteiger partial charge in [-0.3, -0.25) is 9.78 Å². The van der Waals surface area contributed by atoms with E-state index in [1.165, 1.54) is 23.8 Å². The van der Waals surface area contributed by atoms with Crippen molar-refractivity contribution in [1.82, 2.24) is 9.97 Å². The molecule has 0 amide bonds. The Morgan fingerprint density at radius 2 is 1.95 bits per heavy atom. The lowest BCUT2D eigenvalue weighted by atomic mass is 9.93. The zero-order valence-corrected chi connectivity index (χ0v) is 13.0. The number of aromatic nitrogens is 2. The van der Waals surface area contributed by atoms with Crippen LogP contribution in [0, 0.1) is 20.8 Å². The van der Waals surface area contributed by atoms with E-state index in [0.29, 0.717) is 5.75 Å². The van der Waals surface area contributed by atoms with E-state index in [4.69, 9.17) is 4.74 Å². The quantitative estimate of drug-likeness (QED) is 0.876. The number of methoxy groups -OCH3 is 1. The molecular weight excluding hydrogens is 264 g/mol. The van der Waals surface area contributed by atoms with E-state index in [9.17, 15) is 4.79 Å². The highest BCUT2D eigenvalue weighted by Crippen LogP contribution is 2.36. The second-order valence-corrected chi connectivity index (χ2v) is 5.67. The maximum atomic E-state index is 12.0. The Hall–Kier alpha value is -2.10. The largest absolute Gasteiger partial charge is 0.491 e. The van der Waals surface area contributed by atoms with E-state index in [-0.39, 0.29) is 5.56 Å². The SMILES string of the molecule is COc1cc2c([nH]c1=O)CCCc1c(C)nc(C)c(C)c1-2. The van der Waals surface area contributed by atoms with Crippen LogP contribution >= 0.6 is 0 Å². The molecule has 110 valence electrons. The number of nitrogens with zero attached hydrogens (tertiary/aromatic N) is 1. The minimum absolute atomic E-state index is 0.153. The van der Waals surface area contributed by atoms with E-state index in [1.807, 2.05) is 13.0 Å². The van der Waals surface area contributed by atoms with Gasteiger partial charge in [0, 0.05) is 22.6 Å². The molecule has 2 heterocycles. The number of ether oxygens (including phenoxy) is 1. The molecule has 0 saturated heterocycles. The van der Waals surface area contributed by atoms with Crippen LogP contribution in [-0.2, 0) is 12.8 Å². The van der Waals surface area contributed by atoms with Crippen molar-refractivity contribution >= 4 is 0 Å². The molecule has 1 N–H and O–H groups in total. The molecule has 3 rings (SSSR count). The van der Waals surface area contributed by atoms with Crippen LogP contribution in [-0.4, -0.2) is 17.1 Å². The van der Waals surface area contributed by atoms with E-state index in [0.717, 1.165) is 41.9 Å². The number of aromatic amines is 1. The first-order valence-corrected chi connectivity index (χ1v) is 7.30. The second kappa shape index (κ2) is 5.02. The van der Waals surface area contributed by atoms with Crippen LogP contribution in [0.4, 0.5) is 0 Å². The molecular formula is C17H20N2O2. The van der Waals surface area contributed by atoms with E-state index < -0.39 is 0 Å². The van der Waals surface area contributed by atoms with Gasteiger partial charge in [0.15, 0.2) is 5.75 Å². The lowest BCUT2D eigenvalue weighted by Gasteiger charge is -2.17. The predicted molar refractivity (Wildman–Crippen MR) is 83.1 cm³/mol. The van der Waals surface area contributed by atoms with E-state index in [1.54, 1.807) is 0 Å². The molecule has 0 unspecified atom stereocenters. The number of hydrogen-bond donors (Lipinski definition) is 1. The Morgan fingerprint density at radius 1 is 1.19 bits per heavy atom. The molecule has 0 saturated carbocycles. The van der Waals surface area contributed by atoms with Crippen molar-refractivity contribution in [3.63, 3.8) is 0 Å². The number of aryl methyl sites for hydroxylation is 3. The van der Waals surface area contributed by atoms with Crippen molar-refractivity contribution < 1.29 is 4.74 Å². The maximum absolute atomic E-state index is 12.0. The molecule has 1 aliphatic rings. The van der Waals surface area contributed by atoms with Gasteiger partial charge >= 0.3 is 0 Å². The molecule has 0 aliphatic heterocycles. The van der Waals surface area contributed by atoms with Crippen molar-refractivity contribution in [3.05, 3.63) is 44.6 Å². The van der Waals surface area contributed by atoms with Crippen LogP contribution in [0.1, 0.15) is 34.6 Å². The van der Waals surface area contributed by atoms with Crippen molar-refractivity contribution in [2.45, 2.75) is 40.0 Å². The van der Waals surface area contributed by atoms with Gasteiger partial charge in [-0.2, -0.15) is 0 Å². The van der Waals surface area contributed by atoms with Crippen LogP contribution in [0.15, 0.2) is 10.9 Å². The average molecular weight is 284 g/mol. The zero-order valence-electron chi connectivity index (χ0n) is 13.0. The molecule has 0 bridgehead atoms. The predicted octanol–water partition coefficient (Wildman–Crippen LogP) is 2.86. The number of H-pyrrole nitrogens is 1. The van der Waals surface area contributed by atoms with Crippen molar-refractivity contribution in [2.24, 2.45) is 0 Å². The van der Waals surface area contributed by atoms with Crippen molar-refractivity contribution in [3.8, 4) is 16.9 Å². The smallest absolute Gasteiger partial charge is 0.290 e. The molecule has 1 aliphatic carbocycles. The Morgan fingerprint density at radius 3 is 2.67 bits per heavy atom. The summed E-state index contributed by atoms with van der Waals surface area (Å²) >= 11 is 0. The fraction of sp³-hybridized carbons (Fsp3) is 0.412. The van der Waals surface area contributed by atoms with Gasteiger partial charge in [0.05, 0.1) is 7.11 Å². The van der Waals surface area contributed by atoms with Crippen molar-refractivity contribution in [2.75, 3.05) is 7.11 Å². The lowest BCUT2D eigenvalue weighted by Crippen LogP contribution is -2.13. The monoisotopic (exact) mass is 284 g/mol. The molecule has 0 aromatic carbocycles. The third kappa shape index (κ3) is 2.15. The highest BCUT2D eigenvalue weighted by atomic mass is 16.5. The van der Waals surface area contributed by atoms with Gasteiger partial charge in [0.2, 0.25) is 0 Å². The molecule has 0 fully saturated rings. The summed E-state index contributed by atoms with van der Waals surface area (Å²) in [5, 5.41) is 0. The van der Waals surface area contributed by atoms with Gasteiger partial charge in [-0.05, 0) is 62.8 Å². The average Bonchev–Trinajstić information content (AvgIpc) is 2.63. The molecule has 4 nitrogen and oxygen atoms in total. The normalized spacial score (nSPS) is 13.3. The van der Waals surface area contributed by atoms with Gasteiger partial charge in [-0.25, -0.2) is 0 Å². The minimum Gasteiger partial charge on any atom is -0.491 e. The van der Waals surface area contributed by atoms with Crippen molar-refractivity contribution in [1.29, 1.82) is 0 Å². The van der Waals surface area contributed by atoms with Crippen LogP contribution in [0.3, 0.4) is 0 Å². The van der Waals surface area contributed by atoms with Crippen LogP contribution < -0.4 is 10.3 Å². The van der Waals surface area contributed by atoms with Gasteiger partial charge in [-0.1, -0.05) is 0 Å². The molecule has 0 radical (unpaired) electrons. The Balaban J connectivity index is 2.40. The van der Waals surface area contributed by atoms with Gasteiger partial charge in [0.1, 0.15) is 0 Å². The summed E-state index contributed by atoms with van der Waals surface area (Å²) in [5.41, 5.74) is 7.79. The zero-order chi connectivity index (χ0) is 15.1. The Kier molecular flexibility index (Phi) is 3.32. The van der Waals surface area contributed by atoms with Gasteiger partial charge < -0.3 is 9.72 Å². The highest BCUT2D eigenvalue weighted by molar-refractivity contribution is 5.75. The third-order valence-corrected chi connectivity index (χ3v) is 4.42. The third-order valence-electron chi connectivity index (χ3n) is 4.42. The molecule has 4 heteroatoms. The lowest BCUT2D eigenvalue weighted by molar-refractivity contribution is 0.408. The summed E-state index contributed by atoms with van der Waals surface area (Å²) in [5.74, 6) is 0.369. The minimum atomic E-state index is -0.153. The van der Waals surface area contributed by atoms with E-state index in [2.05, 4.69) is 23.8 Å². The molecule has 21 heavy (non-hydrogen) atoms. The first-order chi connectivity index (χ1) is 10.0. The first-order valence-electron chi connectivity index (χ1n) is 7.30. The van der Waals surface area contributed by atoms with Crippen LogP contribution in [0.25, 0.3) is 11.1 Å². The Bertz CT molecular complexity index is 775. The summed E-state index contributed by atoms with van der Waals surface area (Å²) in [6.45, 7) is 6.21. The fourth-order valence-electron chi connectivity index (χ4n) is 3.23. The number of fused-ring (bicyclic) bond motifs is 3. The second-order valence-electron chi connectivity index (χ2n) is 5.67. The topological polar surface area (TPSA) is 55.0 Å². The summed E-state index contributed by atoms with van der Waals surface area (Å²) in [6.07, 6.45) is 2.89. The standard InChI is InChI=1S/C17H20N2O2/c1-9-10(2)18-11(3)12-6-5-7-14-13(16(9)12)8-15(21-4)17(20)19-14/h8H,5-7H2,1-4H3,(H,19,20). The van der Waals surface area contributed by atoms with Crippen LogP contribution in [0.5, 0.6) is 5.75 Å². The number of rotatable bonds is 1. The molecule has 0 spiro atoms. The highest BCUT2D eigenvalue weighted by Gasteiger charge is 2.22. The summed E-state index contributed by atoms with van der Waals surface area (Å²) in [4.78, 5) is 19.6. The number of pyridine rings is 2. The van der Waals surface area contributed by atoms with E-state index >= 15 is 0 Å². The molecule has 2 aromatic rings. The maximum Gasteiger partial charge on any atom is 0.290 e. The van der Waals surface area contributed by atoms with Gasteiger partial charge in [0.25, 0.3) is 5.56 Å². The molecule has 2 aromatic heterocycles. The molecule has 0 atom stereocenters. The van der Waals surface area contributed by atoms with Crippen LogP contribution in [0.2, 0.25) is 0 Å². The number of hydrogen-bond acceptors (Lipinski definition) is 3. The Labute approximate surface area is 124 Å². The fourth-order valence-corrected chi connectivity index (χ4v) is 3.23. The summed E-state index contributed by atoms with van der Waals surface area (Å²) in [7, 11) is 1.53. The first kappa shape index (κ1) is 13.9. The summed E-state index contributed by atoms with van der Waals surface area (Å²) in [6, 6.07) is 1.88. The van der Waals surface area contributed by atoms with Gasteiger partial charge in [-0.15, -0.1) is 0 Å². The number of nitrogens with one attached hydrogen (secondary N) is 1. The summed E-state index contributed by atoms with van der Waals surface area (Å²) < 4.78 is 5.21.